The molecule has 0 aliphatic carbocycles. The lowest BCUT2D eigenvalue weighted by Gasteiger charge is -2.10. The van der Waals surface area contributed by atoms with Crippen molar-refractivity contribution in [2.75, 3.05) is 13.2 Å². The van der Waals surface area contributed by atoms with E-state index in [2.05, 4.69) is 20.7 Å². The van der Waals surface area contributed by atoms with Gasteiger partial charge in [-0.2, -0.15) is 0 Å². The maximum absolute atomic E-state index is 12.3. The minimum atomic E-state index is -3.49. The van der Waals surface area contributed by atoms with Crippen molar-refractivity contribution in [1.82, 2.24) is 4.72 Å². The van der Waals surface area contributed by atoms with Gasteiger partial charge in [0.2, 0.25) is 10.0 Å². The largest absolute Gasteiger partial charge is 0.377 e. The first-order valence-electron chi connectivity index (χ1n) is 7.36. The van der Waals surface area contributed by atoms with E-state index in [1.807, 2.05) is 36.4 Å². The van der Waals surface area contributed by atoms with E-state index in [9.17, 15) is 8.42 Å². The van der Waals surface area contributed by atoms with E-state index < -0.39 is 10.0 Å². The predicted molar refractivity (Wildman–Crippen MR) is 94.8 cm³/mol. The summed E-state index contributed by atoms with van der Waals surface area (Å²) in [5.74, 6) is 0. The molecule has 0 bridgehead atoms. The Morgan fingerprint density at radius 3 is 2.61 bits per heavy atom. The zero-order valence-corrected chi connectivity index (χ0v) is 15.4. The predicted octanol–water partition coefficient (Wildman–Crippen LogP) is 3.64. The smallest absolute Gasteiger partial charge is 0.240 e. The van der Waals surface area contributed by atoms with Crippen LogP contribution in [-0.4, -0.2) is 21.6 Å². The highest BCUT2D eigenvalue weighted by Crippen LogP contribution is 2.20. The number of nitrogens with one attached hydrogen (secondary N) is 1. The molecule has 0 saturated heterocycles. The Labute approximate surface area is 146 Å². The number of hydrogen-bond acceptors (Lipinski definition) is 3. The first kappa shape index (κ1) is 18.1. The van der Waals surface area contributed by atoms with E-state index in [0.717, 1.165) is 15.6 Å². The van der Waals surface area contributed by atoms with E-state index in [0.29, 0.717) is 31.1 Å². The third kappa shape index (κ3) is 5.73. The van der Waals surface area contributed by atoms with Crippen molar-refractivity contribution in [1.29, 1.82) is 0 Å². The Balaban J connectivity index is 1.76. The third-order valence-corrected chi connectivity index (χ3v) is 5.41. The third-order valence-electron chi connectivity index (χ3n) is 3.31. The van der Waals surface area contributed by atoms with Crippen LogP contribution in [0.5, 0.6) is 0 Å². The molecule has 2 aromatic carbocycles. The first-order valence-corrected chi connectivity index (χ1v) is 9.64. The Kier molecular flexibility index (Phi) is 6.77. The molecule has 0 atom stereocenters. The summed E-state index contributed by atoms with van der Waals surface area (Å²) in [5.41, 5.74) is 1.83. The fourth-order valence-corrected chi connectivity index (χ4v) is 3.94. The second-order valence-corrected chi connectivity index (χ2v) is 7.85. The molecule has 2 aromatic rings. The van der Waals surface area contributed by atoms with Gasteiger partial charge < -0.3 is 4.74 Å². The van der Waals surface area contributed by atoms with Crippen LogP contribution in [0.2, 0.25) is 0 Å². The van der Waals surface area contributed by atoms with Gasteiger partial charge in [-0.25, -0.2) is 13.1 Å². The molecule has 4 nitrogen and oxygen atoms in total. The van der Waals surface area contributed by atoms with Gasteiger partial charge in [0.15, 0.2) is 0 Å². The number of hydrogen-bond donors (Lipinski definition) is 1. The lowest BCUT2D eigenvalue weighted by atomic mass is 10.2. The zero-order chi connectivity index (χ0) is 16.7. The number of sulfonamides is 1. The Morgan fingerprint density at radius 2 is 1.87 bits per heavy atom. The van der Waals surface area contributed by atoms with Crippen molar-refractivity contribution in [3.05, 3.63) is 64.1 Å². The van der Waals surface area contributed by atoms with E-state index in [1.165, 1.54) is 0 Å². The lowest BCUT2D eigenvalue weighted by molar-refractivity contribution is 0.119. The van der Waals surface area contributed by atoms with Gasteiger partial charge >= 0.3 is 0 Å². The summed E-state index contributed by atoms with van der Waals surface area (Å²) in [5, 5.41) is 0. The van der Waals surface area contributed by atoms with Crippen molar-refractivity contribution >= 4 is 26.0 Å². The van der Waals surface area contributed by atoms with Crippen LogP contribution >= 0.6 is 15.9 Å². The second-order valence-electron chi connectivity index (χ2n) is 5.20. The number of rotatable bonds is 8. The van der Waals surface area contributed by atoms with Crippen LogP contribution in [0.15, 0.2) is 57.9 Å². The number of halogens is 1. The number of benzene rings is 2. The highest BCUT2D eigenvalue weighted by molar-refractivity contribution is 9.10. The van der Waals surface area contributed by atoms with E-state index in [1.54, 1.807) is 19.1 Å². The summed E-state index contributed by atoms with van der Waals surface area (Å²) < 4.78 is 33.5. The van der Waals surface area contributed by atoms with Crippen molar-refractivity contribution in [3.8, 4) is 0 Å². The zero-order valence-electron chi connectivity index (χ0n) is 13.0. The topological polar surface area (TPSA) is 55.4 Å². The van der Waals surface area contributed by atoms with Crippen LogP contribution in [-0.2, 0) is 21.4 Å². The van der Waals surface area contributed by atoms with Gasteiger partial charge in [-0.1, -0.05) is 52.3 Å². The maximum Gasteiger partial charge on any atom is 0.240 e. The molecule has 2 rings (SSSR count). The molecule has 0 spiro atoms. The molecule has 0 amide bonds. The molecule has 0 heterocycles. The summed E-state index contributed by atoms with van der Waals surface area (Å²) in [6.45, 7) is 3.18. The summed E-state index contributed by atoms with van der Waals surface area (Å²) in [4.78, 5) is 0.303. The monoisotopic (exact) mass is 397 g/mol. The van der Waals surface area contributed by atoms with Crippen LogP contribution in [0.3, 0.4) is 0 Å². The van der Waals surface area contributed by atoms with Crippen molar-refractivity contribution < 1.29 is 13.2 Å². The van der Waals surface area contributed by atoms with Gasteiger partial charge in [-0.3, -0.25) is 0 Å². The van der Waals surface area contributed by atoms with Crippen molar-refractivity contribution in [2.24, 2.45) is 0 Å². The van der Waals surface area contributed by atoms with Gasteiger partial charge in [-0.05, 0) is 36.6 Å². The maximum atomic E-state index is 12.3. The van der Waals surface area contributed by atoms with Gasteiger partial charge in [0.05, 0.1) is 11.5 Å². The molecule has 124 valence electrons. The van der Waals surface area contributed by atoms with Gasteiger partial charge in [0.1, 0.15) is 0 Å². The molecule has 23 heavy (non-hydrogen) atoms. The van der Waals surface area contributed by atoms with Crippen molar-refractivity contribution in [3.63, 3.8) is 0 Å². The Bertz CT molecular complexity index is 733. The molecule has 0 aromatic heterocycles. The normalized spacial score (nSPS) is 11.6. The molecular weight excluding hydrogens is 378 g/mol. The molecule has 6 heteroatoms. The van der Waals surface area contributed by atoms with Crippen LogP contribution in [0.4, 0.5) is 0 Å². The number of ether oxygens (including phenoxy) is 1. The van der Waals surface area contributed by atoms with Crippen LogP contribution in [0.1, 0.15) is 17.5 Å². The van der Waals surface area contributed by atoms with Gasteiger partial charge in [0, 0.05) is 17.6 Å². The van der Waals surface area contributed by atoms with E-state index >= 15 is 0 Å². The SMILES string of the molecule is Cc1ccc(Br)cc1S(=O)(=O)NCCCOCc1ccccc1. The molecule has 0 fully saturated rings. The molecular formula is C17H20BrNO3S. The summed E-state index contributed by atoms with van der Waals surface area (Å²) in [7, 11) is -3.49. The van der Waals surface area contributed by atoms with Crippen LogP contribution in [0, 0.1) is 6.92 Å². The second kappa shape index (κ2) is 8.59. The van der Waals surface area contributed by atoms with Crippen molar-refractivity contribution in [2.45, 2.75) is 24.8 Å². The fraction of sp³-hybridized carbons (Fsp3) is 0.294. The fourth-order valence-electron chi connectivity index (χ4n) is 2.09. The quantitative estimate of drug-likeness (QED) is 0.691. The minimum Gasteiger partial charge on any atom is -0.377 e. The minimum absolute atomic E-state index is 0.303. The Hall–Kier alpha value is -1.21. The van der Waals surface area contributed by atoms with Gasteiger partial charge in [-0.15, -0.1) is 0 Å². The molecule has 0 aliphatic rings. The molecule has 0 radical (unpaired) electrons. The molecule has 0 unspecified atom stereocenters. The average Bonchev–Trinajstić information content (AvgIpc) is 2.54. The lowest BCUT2D eigenvalue weighted by Crippen LogP contribution is -2.26. The van der Waals surface area contributed by atoms with Crippen LogP contribution < -0.4 is 4.72 Å². The first-order chi connectivity index (χ1) is 11.0. The number of aryl methyl sites for hydroxylation is 1. The van der Waals surface area contributed by atoms with E-state index in [-0.39, 0.29) is 0 Å². The highest BCUT2D eigenvalue weighted by Gasteiger charge is 2.16. The average molecular weight is 398 g/mol. The van der Waals surface area contributed by atoms with E-state index in [4.69, 9.17) is 4.74 Å². The standard InChI is InChI=1S/C17H20BrNO3S/c1-14-8-9-16(18)12-17(14)23(20,21)19-10-5-11-22-13-15-6-3-2-4-7-15/h2-4,6-9,12,19H,5,10-11,13H2,1H3. The summed E-state index contributed by atoms with van der Waals surface area (Å²) in [6, 6.07) is 15.1. The summed E-state index contributed by atoms with van der Waals surface area (Å²) in [6.07, 6.45) is 0.624. The highest BCUT2D eigenvalue weighted by atomic mass is 79.9. The molecule has 1 N–H and O–H groups in total. The molecule has 0 aliphatic heterocycles. The van der Waals surface area contributed by atoms with Crippen LogP contribution in [0.25, 0.3) is 0 Å². The molecule has 0 saturated carbocycles. The summed E-state index contributed by atoms with van der Waals surface area (Å²) >= 11 is 3.30. The Morgan fingerprint density at radius 1 is 1.13 bits per heavy atom. The van der Waals surface area contributed by atoms with Gasteiger partial charge in [0.25, 0.3) is 0 Å².